The van der Waals surface area contributed by atoms with Crippen LogP contribution < -0.4 is 5.32 Å². The minimum Gasteiger partial charge on any atom is -0.381 e. The van der Waals surface area contributed by atoms with Gasteiger partial charge in [-0.05, 0) is 30.7 Å². The molecular weight excluding hydrogens is 306 g/mol. The van der Waals surface area contributed by atoms with E-state index in [-0.39, 0.29) is 11.8 Å². The molecule has 2 aromatic rings. The molecule has 1 aromatic heterocycles. The van der Waals surface area contributed by atoms with Gasteiger partial charge in [0.15, 0.2) is 0 Å². The first-order valence-corrected chi connectivity index (χ1v) is 7.54. The monoisotopic (exact) mass is 321 g/mol. The second-order valence-corrected chi connectivity index (χ2v) is 5.56. The first-order chi connectivity index (χ1) is 10.7. The maximum absolute atomic E-state index is 11.8. The van der Waals surface area contributed by atoms with Crippen LogP contribution in [0.1, 0.15) is 12.3 Å². The number of aromatic nitrogens is 2. The Hall–Kier alpha value is -1.92. The van der Waals surface area contributed by atoms with Gasteiger partial charge >= 0.3 is 0 Å². The van der Waals surface area contributed by atoms with Gasteiger partial charge in [0, 0.05) is 30.2 Å². The SMILES string of the molecule is O=C(NCCc1nc(-c2ccc(Cl)cc2)no1)C1CCOC1. The average Bonchev–Trinajstić information content (AvgIpc) is 3.19. The van der Waals surface area contributed by atoms with E-state index >= 15 is 0 Å². The Morgan fingerprint density at radius 3 is 2.91 bits per heavy atom. The van der Waals surface area contributed by atoms with E-state index in [0.717, 1.165) is 12.0 Å². The van der Waals surface area contributed by atoms with Crippen LogP contribution in [-0.4, -0.2) is 35.8 Å². The van der Waals surface area contributed by atoms with E-state index in [2.05, 4.69) is 15.5 Å². The van der Waals surface area contributed by atoms with E-state index in [4.69, 9.17) is 20.9 Å². The number of hydrogen-bond donors (Lipinski definition) is 1. The summed E-state index contributed by atoms with van der Waals surface area (Å²) in [4.78, 5) is 16.1. The standard InChI is InChI=1S/C15H16ClN3O3/c16-12-3-1-10(2-4-12)14-18-13(22-19-14)5-7-17-15(20)11-6-8-21-9-11/h1-4,11H,5-9H2,(H,17,20). The minimum absolute atomic E-state index is 0.0231. The molecule has 1 saturated heterocycles. The second-order valence-electron chi connectivity index (χ2n) is 5.12. The summed E-state index contributed by atoms with van der Waals surface area (Å²) in [7, 11) is 0. The lowest BCUT2D eigenvalue weighted by atomic mass is 10.1. The second kappa shape index (κ2) is 6.89. The molecule has 1 aliphatic heterocycles. The molecule has 1 fully saturated rings. The number of ether oxygens (including phenoxy) is 1. The quantitative estimate of drug-likeness (QED) is 0.912. The predicted octanol–water partition coefficient (Wildman–Crippen LogP) is 2.09. The number of nitrogens with one attached hydrogen (secondary N) is 1. The first kappa shape index (κ1) is 15.0. The molecule has 1 N–H and O–H groups in total. The van der Waals surface area contributed by atoms with E-state index in [1.165, 1.54) is 0 Å². The lowest BCUT2D eigenvalue weighted by Gasteiger charge is -2.07. The van der Waals surface area contributed by atoms with E-state index in [9.17, 15) is 4.79 Å². The largest absolute Gasteiger partial charge is 0.381 e. The number of carbonyl (C=O) groups is 1. The number of hydrogen-bond acceptors (Lipinski definition) is 5. The van der Waals surface area contributed by atoms with Crippen molar-refractivity contribution < 1.29 is 14.1 Å². The van der Waals surface area contributed by atoms with Gasteiger partial charge in [0.2, 0.25) is 17.6 Å². The Balaban J connectivity index is 1.51. The summed E-state index contributed by atoms with van der Waals surface area (Å²) in [5, 5.41) is 7.45. The highest BCUT2D eigenvalue weighted by molar-refractivity contribution is 6.30. The Morgan fingerprint density at radius 1 is 1.36 bits per heavy atom. The summed E-state index contributed by atoms with van der Waals surface area (Å²) in [6.45, 7) is 1.64. The van der Waals surface area contributed by atoms with E-state index in [1.807, 2.05) is 12.1 Å². The molecule has 0 radical (unpaired) electrons. The van der Waals surface area contributed by atoms with Crippen molar-refractivity contribution in [1.82, 2.24) is 15.5 Å². The zero-order chi connectivity index (χ0) is 15.4. The fraction of sp³-hybridized carbons (Fsp3) is 0.400. The predicted molar refractivity (Wildman–Crippen MR) is 80.4 cm³/mol. The van der Waals surface area contributed by atoms with E-state index in [0.29, 0.717) is 42.9 Å². The highest BCUT2D eigenvalue weighted by atomic mass is 35.5. The summed E-state index contributed by atoms with van der Waals surface area (Å²) in [6, 6.07) is 7.21. The van der Waals surface area contributed by atoms with Crippen molar-refractivity contribution in [3.05, 3.63) is 35.2 Å². The van der Waals surface area contributed by atoms with Gasteiger partial charge in [0.25, 0.3) is 0 Å². The van der Waals surface area contributed by atoms with Gasteiger partial charge in [-0.25, -0.2) is 0 Å². The third-order valence-electron chi connectivity index (χ3n) is 3.51. The third-order valence-corrected chi connectivity index (χ3v) is 3.76. The highest BCUT2D eigenvalue weighted by Gasteiger charge is 2.23. The zero-order valence-corrected chi connectivity index (χ0v) is 12.7. The number of benzene rings is 1. The van der Waals surface area contributed by atoms with Crippen molar-refractivity contribution in [2.24, 2.45) is 5.92 Å². The van der Waals surface area contributed by atoms with Crippen LogP contribution in [0, 0.1) is 5.92 Å². The van der Waals surface area contributed by atoms with Crippen LogP contribution in [0.2, 0.25) is 5.02 Å². The molecule has 0 bridgehead atoms. The van der Waals surface area contributed by atoms with Gasteiger partial charge in [0.1, 0.15) is 0 Å². The van der Waals surface area contributed by atoms with Crippen molar-refractivity contribution in [1.29, 1.82) is 0 Å². The molecule has 1 aromatic carbocycles. The molecule has 0 saturated carbocycles. The molecule has 1 amide bonds. The highest BCUT2D eigenvalue weighted by Crippen LogP contribution is 2.18. The molecular formula is C15H16ClN3O3. The van der Waals surface area contributed by atoms with Crippen LogP contribution in [0.25, 0.3) is 11.4 Å². The fourth-order valence-electron chi connectivity index (χ4n) is 2.25. The maximum Gasteiger partial charge on any atom is 0.228 e. The molecule has 1 atom stereocenters. The topological polar surface area (TPSA) is 77.3 Å². The van der Waals surface area contributed by atoms with Crippen molar-refractivity contribution in [2.75, 3.05) is 19.8 Å². The van der Waals surface area contributed by atoms with Gasteiger partial charge in [-0.1, -0.05) is 16.8 Å². The Kier molecular flexibility index (Phi) is 4.70. The molecule has 1 aliphatic rings. The van der Waals surface area contributed by atoms with Crippen LogP contribution in [-0.2, 0) is 16.0 Å². The van der Waals surface area contributed by atoms with Crippen molar-refractivity contribution in [3.8, 4) is 11.4 Å². The van der Waals surface area contributed by atoms with Crippen LogP contribution in [0.4, 0.5) is 0 Å². The Morgan fingerprint density at radius 2 is 2.18 bits per heavy atom. The smallest absolute Gasteiger partial charge is 0.228 e. The summed E-state index contributed by atoms with van der Waals surface area (Å²) < 4.78 is 10.4. The molecule has 22 heavy (non-hydrogen) atoms. The number of carbonyl (C=O) groups excluding carboxylic acids is 1. The Labute approximate surface area is 132 Å². The molecule has 0 spiro atoms. The fourth-order valence-corrected chi connectivity index (χ4v) is 2.38. The summed E-state index contributed by atoms with van der Waals surface area (Å²) >= 11 is 5.84. The van der Waals surface area contributed by atoms with Crippen molar-refractivity contribution in [2.45, 2.75) is 12.8 Å². The van der Waals surface area contributed by atoms with Gasteiger partial charge in [-0.15, -0.1) is 0 Å². The summed E-state index contributed by atoms with van der Waals surface area (Å²) in [5.74, 6) is 0.998. The lowest BCUT2D eigenvalue weighted by Crippen LogP contribution is -2.32. The van der Waals surface area contributed by atoms with Crippen molar-refractivity contribution in [3.63, 3.8) is 0 Å². The normalized spacial score (nSPS) is 17.6. The number of nitrogens with zero attached hydrogens (tertiary/aromatic N) is 2. The molecule has 7 heteroatoms. The molecule has 0 aliphatic carbocycles. The number of halogens is 1. The van der Waals surface area contributed by atoms with Gasteiger partial charge < -0.3 is 14.6 Å². The summed E-state index contributed by atoms with van der Waals surface area (Å²) in [6.07, 6.45) is 1.28. The lowest BCUT2D eigenvalue weighted by molar-refractivity contribution is -0.124. The van der Waals surface area contributed by atoms with Gasteiger partial charge in [-0.3, -0.25) is 4.79 Å². The molecule has 116 valence electrons. The van der Waals surface area contributed by atoms with Crippen LogP contribution in [0.15, 0.2) is 28.8 Å². The van der Waals surface area contributed by atoms with E-state index < -0.39 is 0 Å². The molecule has 2 heterocycles. The molecule has 1 unspecified atom stereocenters. The molecule has 3 rings (SSSR count). The van der Waals surface area contributed by atoms with Crippen molar-refractivity contribution >= 4 is 17.5 Å². The van der Waals surface area contributed by atoms with Crippen LogP contribution in [0.3, 0.4) is 0 Å². The first-order valence-electron chi connectivity index (χ1n) is 7.16. The number of rotatable bonds is 5. The van der Waals surface area contributed by atoms with Gasteiger partial charge in [0.05, 0.1) is 12.5 Å². The zero-order valence-electron chi connectivity index (χ0n) is 11.9. The third kappa shape index (κ3) is 3.64. The average molecular weight is 322 g/mol. The minimum atomic E-state index is -0.0349. The molecule has 6 nitrogen and oxygen atoms in total. The Bertz CT molecular complexity index is 636. The maximum atomic E-state index is 11.8. The number of amides is 1. The van der Waals surface area contributed by atoms with Gasteiger partial charge in [-0.2, -0.15) is 4.98 Å². The summed E-state index contributed by atoms with van der Waals surface area (Å²) in [5.41, 5.74) is 0.839. The van der Waals surface area contributed by atoms with Crippen LogP contribution in [0.5, 0.6) is 0 Å². The van der Waals surface area contributed by atoms with Crippen LogP contribution >= 0.6 is 11.6 Å². The van der Waals surface area contributed by atoms with E-state index in [1.54, 1.807) is 12.1 Å².